The third-order valence-corrected chi connectivity index (χ3v) is 3.80. The minimum absolute atomic E-state index is 0.331. The molecule has 0 atom stereocenters. The second-order valence-corrected chi connectivity index (χ2v) is 5.61. The summed E-state index contributed by atoms with van der Waals surface area (Å²) in [6.07, 6.45) is 4.93. The molecule has 0 aromatic heterocycles. The second-order valence-electron chi connectivity index (χ2n) is 4.70. The Morgan fingerprint density at radius 3 is 2.81 bits per heavy atom. The van der Waals surface area contributed by atoms with Crippen molar-refractivity contribution in [2.45, 2.75) is 38.0 Å². The van der Waals surface area contributed by atoms with Crippen molar-refractivity contribution in [1.82, 2.24) is 0 Å². The first kappa shape index (κ1) is 12.1. The van der Waals surface area contributed by atoms with Gasteiger partial charge in [0, 0.05) is 16.5 Å². The summed E-state index contributed by atoms with van der Waals surface area (Å²) in [6, 6.07) is 8.65. The molecule has 1 aromatic carbocycles. The van der Waals surface area contributed by atoms with E-state index in [4.69, 9.17) is 4.74 Å². The van der Waals surface area contributed by atoms with E-state index in [0.29, 0.717) is 5.41 Å². The predicted molar refractivity (Wildman–Crippen MR) is 70.8 cm³/mol. The van der Waals surface area contributed by atoms with Crippen LogP contribution in [0, 0.1) is 0 Å². The molecule has 0 saturated heterocycles. The third kappa shape index (κ3) is 2.86. The Morgan fingerprint density at radius 1 is 1.38 bits per heavy atom. The lowest BCUT2D eigenvalue weighted by atomic mass is 9.97. The average molecular weight is 283 g/mol. The smallest absolute Gasteiger partial charge is 0.0562 e. The highest BCUT2D eigenvalue weighted by molar-refractivity contribution is 9.10. The van der Waals surface area contributed by atoms with Gasteiger partial charge in [0.25, 0.3) is 0 Å². The highest BCUT2D eigenvalue weighted by Gasteiger charge is 2.44. The summed E-state index contributed by atoms with van der Waals surface area (Å²) in [5, 5.41) is 0. The van der Waals surface area contributed by atoms with Crippen LogP contribution in [0.1, 0.15) is 38.2 Å². The summed E-state index contributed by atoms with van der Waals surface area (Å²) in [7, 11) is 0. The summed E-state index contributed by atoms with van der Waals surface area (Å²) in [5.74, 6) is 0. The van der Waals surface area contributed by atoms with Crippen molar-refractivity contribution in [3.8, 4) is 0 Å². The van der Waals surface area contributed by atoms with Crippen LogP contribution in [0.15, 0.2) is 28.7 Å². The van der Waals surface area contributed by atoms with Gasteiger partial charge in [-0.2, -0.15) is 0 Å². The highest BCUT2D eigenvalue weighted by atomic mass is 79.9. The molecule has 0 amide bonds. The number of ether oxygens (including phenoxy) is 1. The summed E-state index contributed by atoms with van der Waals surface area (Å²) in [4.78, 5) is 0. The van der Waals surface area contributed by atoms with E-state index in [2.05, 4.69) is 47.1 Å². The number of halogens is 1. The molecule has 0 radical (unpaired) electrons. The lowest BCUT2D eigenvalue weighted by molar-refractivity contribution is 0.111. The molecule has 0 unspecified atom stereocenters. The fourth-order valence-corrected chi connectivity index (χ4v) is 2.40. The molecule has 1 nitrogen and oxygen atoms in total. The van der Waals surface area contributed by atoms with Gasteiger partial charge >= 0.3 is 0 Å². The molecule has 16 heavy (non-hydrogen) atoms. The lowest BCUT2D eigenvalue weighted by Crippen LogP contribution is -2.15. The molecule has 1 aliphatic rings. The van der Waals surface area contributed by atoms with Crippen LogP contribution in [-0.2, 0) is 10.2 Å². The van der Waals surface area contributed by atoms with E-state index in [1.165, 1.54) is 35.7 Å². The quantitative estimate of drug-likeness (QED) is 0.707. The molecule has 0 N–H and O–H groups in total. The van der Waals surface area contributed by atoms with Gasteiger partial charge in [-0.15, -0.1) is 0 Å². The second kappa shape index (κ2) is 5.33. The number of hydrogen-bond acceptors (Lipinski definition) is 1. The zero-order valence-corrected chi connectivity index (χ0v) is 11.4. The molecule has 88 valence electrons. The third-order valence-electron chi connectivity index (χ3n) is 3.31. The normalized spacial score (nSPS) is 17.4. The van der Waals surface area contributed by atoms with E-state index in [9.17, 15) is 0 Å². The Labute approximate surface area is 106 Å². The highest BCUT2D eigenvalue weighted by Crippen LogP contribution is 2.48. The van der Waals surface area contributed by atoms with E-state index < -0.39 is 0 Å². The number of rotatable bonds is 6. The van der Waals surface area contributed by atoms with Gasteiger partial charge in [0.15, 0.2) is 0 Å². The Morgan fingerprint density at radius 2 is 2.19 bits per heavy atom. The Balaban J connectivity index is 1.92. The molecule has 2 heteroatoms. The van der Waals surface area contributed by atoms with Crippen molar-refractivity contribution in [1.29, 1.82) is 0 Å². The summed E-state index contributed by atoms with van der Waals surface area (Å²) in [5.41, 5.74) is 1.76. The summed E-state index contributed by atoms with van der Waals surface area (Å²) < 4.78 is 6.95. The Hall–Kier alpha value is -0.340. The maximum absolute atomic E-state index is 5.78. The van der Waals surface area contributed by atoms with Gasteiger partial charge in [-0.25, -0.2) is 0 Å². The molecule has 2 rings (SSSR count). The molecule has 1 aliphatic carbocycles. The van der Waals surface area contributed by atoms with Crippen LogP contribution in [0.4, 0.5) is 0 Å². The predicted octanol–water partition coefficient (Wildman–Crippen LogP) is 4.30. The van der Waals surface area contributed by atoms with Gasteiger partial charge in [-0.3, -0.25) is 0 Å². The van der Waals surface area contributed by atoms with Crippen LogP contribution in [0.2, 0.25) is 0 Å². The van der Waals surface area contributed by atoms with Crippen molar-refractivity contribution in [3.63, 3.8) is 0 Å². The molecule has 1 saturated carbocycles. The van der Waals surface area contributed by atoms with E-state index in [0.717, 1.165) is 13.2 Å². The first-order valence-electron chi connectivity index (χ1n) is 6.11. The fraction of sp³-hybridized carbons (Fsp3) is 0.571. The van der Waals surface area contributed by atoms with E-state index in [1.54, 1.807) is 0 Å². The van der Waals surface area contributed by atoms with Crippen LogP contribution in [0.5, 0.6) is 0 Å². The van der Waals surface area contributed by atoms with Gasteiger partial charge in [0.05, 0.1) is 6.61 Å². The molecule has 0 aliphatic heterocycles. The number of hydrogen-bond donors (Lipinski definition) is 0. The molecule has 1 fully saturated rings. The van der Waals surface area contributed by atoms with Crippen LogP contribution in [0.3, 0.4) is 0 Å². The van der Waals surface area contributed by atoms with Crippen LogP contribution >= 0.6 is 15.9 Å². The van der Waals surface area contributed by atoms with Crippen molar-refractivity contribution in [2.24, 2.45) is 0 Å². The van der Waals surface area contributed by atoms with Crippen molar-refractivity contribution in [3.05, 3.63) is 34.3 Å². The van der Waals surface area contributed by atoms with E-state index in [1.807, 2.05) is 0 Å². The summed E-state index contributed by atoms with van der Waals surface area (Å²) >= 11 is 3.53. The van der Waals surface area contributed by atoms with Crippen LogP contribution < -0.4 is 0 Å². The Bertz CT molecular complexity index is 344. The first-order chi connectivity index (χ1) is 7.77. The van der Waals surface area contributed by atoms with Gasteiger partial charge in [0.2, 0.25) is 0 Å². The molecule has 0 bridgehead atoms. The zero-order chi connectivity index (χ0) is 11.4. The number of unbranched alkanes of at least 4 members (excludes halogenated alkanes) is 1. The average Bonchev–Trinajstić information content (AvgIpc) is 3.06. The minimum Gasteiger partial charge on any atom is -0.381 e. The van der Waals surface area contributed by atoms with Gasteiger partial charge < -0.3 is 4.74 Å². The van der Waals surface area contributed by atoms with E-state index in [-0.39, 0.29) is 0 Å². The molecule has 1 aromatic rings. The topological polar surface area (TPSA) is 9.23 Å². The Kier molecular flexibility index (Phi) is 4.04. The zero-order valence-electron chi connectivity index (χ0n) is 9.84. The molecular formula is C14H19BrO. The SMILES string of the molecule is CCCCOCC1(c2cccc(Br)c2)CC1. The summed E-state index contributed by atoms with van der Waals surface area (Å²) in [6.45, 7) is 4.00. The van der Waals surface area contributed by atoms with Gasteiger partial charge in [-0.05, 0) is 37.0 Å². The first-order valence-corrected chi connectivity index (χ1v) is 6.90. The van der Waals surface area contributed by atoms with Crippen molar-refractivity contribution < 1.29 is 4.74 Å². The van der Waals surface area contributed by atoms with Crippen molar-refractivity contribution in [2.75, 3.05) is 13.2 Å². The fourth-order valence-electron chi connectivity index (χ4n) is 2.00. The van der Waals surface area contributed by atoms with Crippen LogP contribution in [-0.4, -0.2) is 13.2 Å². The standard InChI is InChI=1S/C14H19BrO/c1-2-3-9-16-11-14(7-8-14)12-5-4-6-13(15)10-12/h4-6,10H,2-3,7-9,11H2,1H3. The minimum atomic E-state index is 0.331. The number of benzene rings is 1. The molecule has 0 heterocycles. The van der Waals surface area contributed by atoms with Gasteiger partial charge in [-0.1, -0.05) is 41.4 Å². The molecule has 0 spiro atoms. The maximum Gasteiger partial charge on any atom is 0.0562 e. The largest absolute Gasteiger partial charge is 0.381 e. The van der Waals surface area contributed by atoms with Crippen LogP contribution in [0.25, 0.3) is 0 Å². The lowest BCUT2D eigenvalue weighted by Gasteiger charge is -2.16. The maximum atomic E-state index is 5.78. The molecular weight excluding hydrogens is 264 g/mol. The van der Waals surface area contributed by atoms with Crippen molar-refractivity contribution >= 4 is 15.9 Å². The monoisotopic (exact) mass is 282 g/mol. The van der Waals surface area contributed by atoms with Gasteiger partial charge in [0.1, 0.15) is 0 Å². The van der Waals surface area contributed by atoms with E-state index >= 15 is 0 Å².